The third kappa shape index (κ3) is 4.51. The van der Waals surface area contributed by atoms with Crippen LogP contribution >= 0.6 is 0 Å². The number of amides is 2. The molecule has 0 aromatic heterocycles. The van der Waals surface area contributed by atoms with Gasteiger partial charge in [-0.25, -0.2) is 9.18 Å². The Morgan fingerprint density at radius 1 is 1.22 bits per heavy atom. The number of carbonyl (C=O) groups excluding carboxylic acids is 1. The van der Waals surface area contributed by atoms with Crippen LogP contribution in [0.4, 0.5) is 9.18 Å². The molecule has 1 heterocycles. The number of carboxylic acids is 1. The van der Waals surface area contributed by atoms with Crippen molar-refractivity contribution in [3.63, 3.8) is 0 Å². The van der Waals surface area contributed by atoms with Gasteiger partial charge in [0.1, 0.15) is 11.4 Å². The molecule has 2 amide bonds. The van der Waals surface area contributed by atoms with Crippen LogP contribution < -0.4 is 10.1 Å². The van der Waals surface area contributed by atoms with Gasteiger partial charge in [-0.1, -0.05) is 12.1 Å². The van der Waals surface area contributed by atoms with E-state index in [0.717, 1.165) is 0 Å². The monoisotopic (exact) mass is 378 g/mol. The number of carbonyl (C=O) groups is 2. The average Bonchev–Trinajstić information content (AvgIpc) is 2.69. The number of halogens is 1. The number of methoxy groups -OCH3 is 1. The lowest BCUT2D eigenvalue weighted by Crippen LogP contribution is -2.50. The van der Waals surface area contributed by atoms with Gasteiger partial charge in [0, 0.05) is 32.0 Å². The summed E-state index contributed by atoms with van der Waals surface area (Å²) in [5.74, 6) is -0.433. The minimum atomic E-state index is -1.45. The van der Waals surface area contributed by atoms with Gasteiger partial charge in [0.15, 0.2) is 0 Å². The highest BCUT2D eigenvalue weighted by Crippen LogP contribution is 2.38. The molecule has 0 radical (unpaired) electrons. The molecule has 2 fully saturated rings. The summed E-state index contributed by atoms with van der Waals surface area (Å²) in [5.41, 5.74) is -0.862. The van der Waals surface area contributed by atoms with Crippen molar-refractivity contribution < 1.29 is 23.8 Å². The number of aliphatic carboxylic acids is 1. The van der Waals surface area contributed by atoms with E-state index in [0.29, 0.717) is 50.1 Å². The molecule has 148 valence electrons. The summed E-state index contributed by atoms with van der Waals surface area (Å²) < 4.78 is 20.5. The van der Waals surface area contributed by atoms with E-state index < -0.39 is 11.6 Å². The molecule has 0 unspecified atom stereocenters. The topological polar surface area (TPSA) is 78.9 Å². The van der Waals surface area contributed by atoms with Gasteiger partial charge >= 0.3 is 12.0 Å². The van der Waals surface area contributed by atoms with Gasteiger partial charge in [0.2, 0.25) is 0 Å². The predicted molar refractivity (Wildman–Crippen MR) is 98.5 cm³/mol. The van der Waals surface area contributed by atoms with Crippen LogP contribution in [0.3, 0.4) is 0 Å². The summed E-state index contributed by atoms with van der Waals surface area (Å²) in [6.45, 7) is 0.702. The van der Waals surface area contributed by atoms with Crippen molar-refractivity contribution in [2.45, 2.75) is 50.2 Å². The summed E-state index contributed by atoms with van der Waals surface area (Å²) in [5, 5.41) is 12.0. The highest BCUT2D eigenvalue weighted by Gasteiger charge is 2.38. The fraction of sp³-hybridized carbons (Fsp3) is 0.600. The number of urea groups is 1. The number of benzene rings is 1. The first-order valence-corrected chi connectivity index (χ1v) is 9.53. The zero-order chi connectivity index (χ0) is 19.4. The normalized spacial score (nSPS) is 24.9. The van der Waals surface area contributed by atoms with Crippen molar-refractivity contribution in [3.05, 3.63) is 29.8 Å². The molecule has 6 nitrogen and oxygen atoms in total. The fourth-order valence-corrected chi connectivity index (χ4v) is 4.01. The number of rotatable bonds is 4. The molecule has 1 saturated heterocycles. The summed E-state index contributed by atoms with van der Waals surface area (Å²) >= 11 is 0. The molecule has 1 saturated carbocycles. The Kier molecular flexibility index (Phi) is 5.87. The van der Waals surface area contributed by atoms with Gasteiger partial charge in [0.25, 0.3) is 0 Å². The van der Waals surface area contributed by atoms with Crippen LogP contribution in [0.25, 0.3) is 0 Å². The molecule has 3 rings (SSSR count). The van der Waals surface area contributed by atoms with Crippen LogP contribution in [0.2, 0.25) is 0 Å². The molecule has 2 N–H and O–H groups in total. The fourth-order valence-electron chi connectivity index (χ4n) is 4.01. The quantitative estimate of drug-likeness (QED) is 0.843. The second-order valence-corrected chi connectivity index (χ2v) is 7.52. The standard InChI is InChI=1S/C20H27FN2O4/c1-27-17-4-2-3-15(13-17)20(21)9-11-23(12-10-20)19(26)22-16-7-5-14(6-8-16)18(24)25/h2-4,13-14,16H,5-12H2,1H3,(H,22,26)(H,24,25). The van der Waals surface area contributed by atoms with Crippen LogP contribution in [-0.4, -0.2) is 48.2 Å². The minimum absolute atomic E-state index is 0.00328. The molecule has 0 atom stereocenters. The maximum Gasteiger partial charge on any atom is 0.317 e. The van der Waals surface area contributed by atoms with Gasteiger partial charge < -0.3 is 20.1 Å². The van der Waals surface area contributed by atoms with Crippen molar-refractivity contribution >= 4 is 12.0 Å². The summed E-state index contributed by atoms with van der Waals surface area (Å²) in [6, 6.07) is 6.87. The lowest BCUT2D eigenvalue weighted by Gasteiger charge is -2.38. The van der Waals surface area contributed by atoms with E-state index in [4.69, 9.17) is 9.84 Å². The largest absolute Gasteiger partial charge is 0.497 e. The highest BCUT2D eigenvalue weighted by molar-refractivity contribution is 5.75. The van der Waals surface area contributed by atoms with Crippen LogP contribution in [0.15, 0.2) is 24.3 Å². The van der Waals surface area contributed by atoms with E-state index in [-0.39, 0.29) is 30.8 Å². The second kappa shape index (κ2) is 8.15. The van der Waals surface area contributed by atoms with E-state index in [1.54, 1.807) is 36.3 Å². The van der Waals surface area contributed by atoms with Crippen molar-refractivity contribution in [1.29, 1.82) is 0 Å². The Morgan fingerprint density at radius 3 is 2.48 bits per heavy atom. The second-order valence-electron chi connectivity index (χ2n) is 7.52. The number of nitrogens with zero attached hydrogens (tertiary/aromatic N) is 1. The lowest BCUT2D eigenvalue weighted by atomic mass is 9.85. The third-order valence-corrected chi connectivity index (χ3v) is 5.83. The molecule has 7 heteroatoms. The average molecular weight is 378 g/mol. The number of hydrogen-bond acceptors (Lipinski definition) is 3. The molecule has 0 spiro atoms. The van der Waals surface area contributed by atoms with Crippen LogP contribution in [0.5, 0.6) is 5.75 Å². The lowest BCUT2D eigenvalue weighted by molar-refractivity contribution is -0.142. The van der Waals surface area contributed by atoms with Gasteiger partial charge in [-0.05, 0) is 43.4 Å². The number of alkyl halides is 1. The first-order chi connectivity index (χ1) is 12.9. The molecule has 2 aliphatic rings. The molecule has 1 aromatic carbocycles. The third-order valence-electron chi connectivity index (χ3n) is 5.83. The van der Waals surface area contributed by atoms with E-state index in [1.165, 1.54) is 0 Å². The number of nitrogens with one attached hydrogen (secondary N) is 1. The molecule has 1 aromatic rings. The van der Waals surface area contributed by atoms with Gasteiger partial charge in [-0.2, -0.15) is 0 Å². The SMILES string of the molecule is COc1cccc(C2(F)CCN(C(=O)NC3CCC(C(=O)O)CC3)CC2)c1. The Morgan fingerprint density at radius 2 is 1.89 bits per heavy atom. The summed E-state index contributed by atoms with van der Waals surface area (Å²) in [7, 11) is 1.56. The van der Waals surface area contributed by atoms with E-state index in [9.17, 15) is 9.59 Å². The summed E-state index contributed by atoms with van der Waals surface area (Å²) in [4.78, 5) is 25.1. The smallest absolute Gasteiger partial charge is 0.317 e. The molecular formula is C20H27FN2O4. The summed E-state index contributed by atoms with van der Waals surface area (Å²) in [6.07, 6.45) is 3.02. The number of carboxylic acid groups (broad SMARTS) is 1. The Hall–Kier alpha value is -2.31. The Labute approximate surface area is 158 Å². The van der Waals surface area contributed by atoms with E-state index >= 15 is 4.39 Å². The zero-order valence-corrected chi connectivity index (χ0v) is 15.6. The van der Waals surface area contributed by atoms with Gasteiger partial charge in [-0.3, -0.25) is 4.79 Å². The zero-order valence-electron chi connectivity index (χ0n) is 15.6. The molecule has 1 aliphatic carbocycles. The molecule has 1 aliphatic heterocycles. The van der Waals surface area contributed by atoms with Crippen LogP contribution in [0.1, 0.15) is 44.1 Å². The van der Waals surface area contributed by atoms with E-state index in [1.807, 2.05) is 0 Å². The Bertz CT molecular complexity index is 680. The molecule has 0 bridgehead atoms. The van der Waals surface area contributed by atoms with Crippen molar-refractivity contribution in [3.8, 4) is 5.75 Å². The maximum absolute atomic E-state index is 15.4. The van der Waals surface area contributed by atoms with Crippen molar-refractivity contribution in [1.82, 2.24) is 10.2 Å². The van der Waals surface area contributed by atoms with E-state index in [2.05, 4.69) is 5.32 Å². The predicted octanol–water partition coefficient (Wildman–Crippen LogP) is 3.31. The first kappa shape index (κ1) is 19.5. The highest BCUT2D eigenvalue weighted by atomic mass is 19.1. The van der Waals surface area contributed by atoms with Crippen LogP contribution in [-0.2, 0) is 10.5 Å². The molecule has 27 heavy (non-hydrogen) atoms. The van der Waals surface area contributed by atoms with Crippen molar-refractivity contribution in [2.75, 3.05) is 20.2 Å². The first-order valence-electron chi connectivity index (χ1n) is 9.53. The van der Waals surface area contributed by atoms with Gasteiger partial charge in [-0.15, -0.1) is 0 Å². The van der Waals surface area contributed by atoms with Gasteiger partial charge in [0.05, 0.1) is 13.0 Å². The number of piperidine rings is 1. The number of likely N-dealkylation sites (tertiary alicyclic amines) is 1. The minimum Gasteiger partial charge on any atom is -0.497 e. The maximum atomic E-state index is 15.4. The number of ether oxygens (including phenoxy) is 1. The Balaban J connectivity index is 1.51. The van der Waals surface area contributed by atoms with Crippen molar-refractivity contribution in [2.24, 2.45) is 5.92 Å². The van der Waals surface area contributed by atoms with Crippen LogP contribution in [0, 0.1) is 5.92 Å². The molecular weight excluding hydrogens is 351 g/mol. The number of hydrogen-bond donors (Lipinski definition) is 2.